The van der Waals surface area contributed by atoms with E-state index in [0.29, 0.717) is 6.42 Å². The lowest BCUT2D eigenvalue weighted by Crippen LogP contribution is -2.76. The Kier molecular flexibility index (Phi) is 3.76. The van der Waals surface area contributed by atoms with Gasteiger partial charge in [-0.05, 0) is 56.8 Å². The Morgan fingerprint density at radius 3 is 2.39 bits per heavy atom. The third kappa shape index (κ3) is 2.00. The fraction of sp³-hybridized carbons (Fsp3) is 0.957. The largest absolute Gasteiger partial charge is 0.393 e. The molecule has 0 radical (unpaired) electrons. The topological polar surface area (TPSA) is 76.0 Å². The Hall–Kier alpha value is -0.490. The van der Waals surface area contributed by atoms with Crippen LogP contribution in [0.4, 0.5) is 0 Å². The van der Waals surface area contributed by atoms with Gasteiger partial charge in [0.2, 0.25) is 0 Å². The lowest BCUT2D eigenvalue weighted by molar-refractivity contribution is -0.394. The van der Waals surface area contributed by atoms with E-state index in [9.17, 15) is 15.0 Å². The molecule has 4 aliphatic carbocycles. The molecular formula is C23H36O5. The third-order valence-corrected chi connectivity index (χ3v) is 9.72. The van der Waals surface area contributed by atoms with Crippen LogP contribution in [0.2, 0.25) is 0 Å². The SMILES string of the molecule is C[C@H]1C(=O)[C@]23[C@@H]4[C@@H](O)C[C@H]1[C@@H]2OC(C)(C)O[C@@H]3C[C@H]1C(C)(C)CC[C@@H](O)[C@@]41C. The van der Waals surface area contributed by atoms with Crippen LogP contribution in [0.5, 0.6) is 0 Å². The van der Waals surface area contributed by atoms with Gasteiger partial charge in [0.05, 0.1) is 29.8 Å². The minimum absolute atomic E-state index is 0.0262. The summed E-state index contributed by atoms with van der Waals surface area (Å²) in [5, 5.41) is 22.7. The predicted octanol–water partition coefficient (Wildman–Crippen LogP) is 2.92. The molecule has 2 N–H and O–H groups in total. The summed E-state index contributed by atoms with van der Waals surface area (Å²) >= 11 is 0. The van der Waals surface area contributed by atoms with Crippen LogP contribution in [-0.4, -0.2) is 46.2 Å². The first-order valence-corrected chi connectivity index (χ1v) is 11.1. The highest BCUT2D eigenvalue weighted by molar-refractivity contribution is 5.92. The Labute approximate surface area is 168 Å². The summed E-state index contributed by atoms with van der Waals surface area (Å²) < 4.78 is 12.9. The molecule has 0 aromatic rings. The Bertz CT molecular complexity index is 716. The van der Waals surface area contributed by atoms with Crippen molar-refractivity contribution in [2.45, 2.75) is 97.4 Å². The zero-order valence-corrected chi connectivity index (χ0v) is 18.1. The molecule has 1 spiro atoms. The second-order valence-electron chi connectivity index (χ2n) is 11.8. The van der Waals surface area contributed by atoms with Crippen LogP contribution in [0.1, 0.15) is 67.2 Å². The van der Waals surface area contributed by atoms with Crippen molar-refractivity contribution in [3.05, 3.63) is 0 Å². The van der Waals surface area contributed by atoms with Crippen molar-refractivity contribution in [3.63, 3.8) is 0 Å². The number of aliphatic hydroxyl groups excluding tert-OH is 2. The number of fused-ring (bicyclic) bond motifs is 2. The predicted molar refractivity (Wildman–Crippen MR) is 103 cm³/mol. The van der Waals surface area contributed by atoms with E-state index in [1.165, 1.54) is 0 Å². The fourth-order valence-electron chi connectivity index (χ4n) is 8.69. The van der Waals surface area contributed by atoms with Crippen molar-refractivity contribution in [1.29, 1.82) is 0 Å². The fourth-order valence-corrected chi connectivity index (χ4v) is 8.69. The average molecular weight is 393 g/mol. The van der Waals surface area contributed by atoms with E-state index in [1.807, 2.05) is 20.8 Å². The maximum absolute atomic E-state index is 13.8. The molecule has 1 heterocycles. The van der Waals surface area contributed by atoms with E-state index in [-0.39, 0.29) is 47.1 Å². The van der Waals surface area contributed by atoms with Gasteiger partial charge in [0.25, 0.3) is 0 Å². The molecular weight excluding hydrogens is 356 g/mol. The quantitative estimate of drug-likeness (QED) is 0.663. The zero-order valence-electron chi connectivity index (χ0n) is 18.1. The zero-order chi connectivity index (χ0) is 20.4. The van der Waals surface area contributed by atoms with Gasteiger partial charge in [-0.15, -0.1) is 0 Å². The van der Waals surface area contributed by atoms with Gasteiger partial charge in [-0.25, -0.2) is 0 Å². The first-order chi connectivity index (χ1) is 12.9. The number of Topliss-reactive ketones (excluding diaryl/α,β-unsaturated/α-hetero) is 1. The summed E-state index contributed by atoms with van der Waals surface area (Å²) in [5.41, 5.74) is -1.33. The van der Waals surface area contributed by atoms with Crippen molar-refractivity contribution < 1.29 is 24.5 Å². The van der Waals surface area contributed by atoms with Crippen molar-refractivity contribution in [1.82, 2.24) is 0 Å². The molecule has 28 heavy (non-hydrogen) atoms. The minimum atomic E-state index is -0.836. The summed E-state index contributed by atoms with van der Waals surface area (Å²) in [5.74, 6) is -0.794. The summed E-state index contributed by atoms with van der Waals surface area (Å²) in [4.78, 5) is 13.8. The maximum Gasteiger partial charge on any atom is 0.163 e. The number of rotatable bonds is 0. The van der Waals surface area contributed by atoms with E-state index < -0.39 is 28.8 Å². The average Bonchev–Trinajstić information content (AvgIpc) is 2.72. The molecule has 0 aromatic carbocycles. The van der Waals surface area contributed by atoms with E-state index in [2.05, 4.69) is 20.8 Å². The van der Waals surface area contributed by atoms with Crippen molar-refractivity contribution >= 4 is 5.78 Å². The lowest BCUT2D eigenvalue weighted by Gasteiger charge is -2.70. The van der Waals surface area contributed by atoms with Gasteiger partial charge in [0.15, 0.2) is 5.79 Å². The number of carbonyl (C=O) groups is 1. The molecule has 158 valence electrons. The van der Waals surface area contributed by atoms with Crippen molar-refractivity contribution in [2.75, 3.05) is 0 Å². The third-order valence-electron chi connectivity index (χ3n) is 9.72. The Morgan fingerprint density at radius 2 is 1.71 bits per heavy atom. The summed E-state index contributed by atoms with van der Waals surface area (Å²) in [7, 11) is 0. The van der Waals surface area contributed by atoms with E-state index in [1.54, 1.807) is 0 Å². The number of hydrogen-bond acceptors (Lipinski definition) is 5. The molecule has 5 aliphatic rings. The highest BCUT2D eigenvalue weighted by atomic mass is 16.7. The van der Waals surface area contributed by atoms with E-state index in [0.717, 1.165) is 19.3 Å². The standard InChI is InChI=1S/C23H36O5/c1-11-12-9-13(24)17-22(6)14(20(2,3)8-7-15(22)25)10-16-23(17,18(11)26)19(12)28-21(4,5)27-16/h11-17,19,24-25H,7-10H2,1-6H3/t11-,12-,13+,14+,15-,16-,17-,19+,22+,23+/m1/s1. The molecule has 5 nitrogen and oxygen atoms in total. The molecule has 0 aromatic heterocycles. The summed E-state index contributed by atoms with van der Waals surface area (Å²) in [6.45, 7) is 12.6. The number of carbonyl (C=O) groups excluding carboxylic acids is 1. The van der Waals surface area contributed by atoms with Gasteiger partial charge >= 0.3 is 0 Å². The van der Waals surface area contributed by atoms with Crippen LogP contribution >= 0.6 is 0 Å². The highest BCUT2D eigenvalue weighted by Crippen LogP contribution is 2.73. The molecule has 4 saturated carbocycles. The molecule has 1 saturated heterocycles. The molecule has 5 heteroatoms. The minimum Gasteiger partial charge on any atom is -0.393 e. The van der Waals surface area contributed by atoms with Crippen LogP contribution in [-0.2, 0) is 14.3 Å². The van der Waals surface area contributed by atoms with Crippen LogP contribution in [0.15, 0.2) is 0 Å². The van der Waals surface area contributed by atoms with Crippen molar-refractivity contribution in [2.24, 2.45) is 39.9 Å². The van der Waals surface area contributed by atoms with Gasteiger partial charge in [0, 0.05) is 17.3 Å². The van der Waals surface area contributed by atoms with Crippen LogP contribution < -0.4 is 0 Å². The molecule has 1 aliphatic heterocycles. The molecule has 2 bridgehead atoms. The molecule has 0 amide bonds. The highest BCUT2D eigenvalue weighted by Gasteiger charge is 2.80. The first-order valence-electron chi connectivity index (χ1n) is 11.1. The van der Waals surface area contributed by atoms with E-state index in [4.69, 9.17) is 9.47 Å². The second kappa shape index (κ2) is 5.40. The second-order valence-corrected chi connectivity index (χ2v) is 11.8. The van der Waals surface area contributed by atoms with Crippen LogP contribution in [0.3, 0.4) is 0 Å². The first kappa shape index (κ1) is 19.5. The van der Waals surface area contributed by atoms with Gasteiger partial charge in [-0.3, -0.25) is 4.79 Å². The maximum atomic E-state index is 13.8. The van der Waals surface area contributed by atoms with Gasteiger partial charge in [-0.2, -0.15) is 0 Å². The van der Waals surface area contributed by atoms with Crippen LogP contribution in [0.25, 0.3) is 0 Å². The van der Waals surface area contributed by atoms with Crippen molar-refractivity contribution in [3.8, 4) is 0 Å². The molecule has 5 fully saturated rings. The Balaban J connectivity index is 1.75. The number of ether oxygens (including phenoxy) is 2. The summed E-state index contributed by atoms with van der Waals surface area (Å²) in [6.07, 6.45) is 1.37. The van der Waals surface area contributed by atoms with Gasteiger partial charge in [0.1, 0.15) is 5.78 Å². The summed E-state index contributed by atoms with van der Waals surface area (Å²) in [6, 6.07) is 0. The normalized spacial score (nSPS) is 58.8. The molecule has 10 atom stereocenters. The monoisotopic (exact) mass is 392 g/mol. The number of ketones is 1. The van der Waals surface area contributed by atoms with Gasteiger partial charge < -0.3 is 19.7 Å². The lowest BCUT2D eigenvalue weighted by atomic mass is 9.38. The smallest absolute Gasteiger partial charge is 0.163 e. The number of aliphatic hydroxyl groups is 2. The molecule has 0 unspecified atom stereocenters. The van der Waals surface area contributed by atoms with Gasteiger partial charge in [-0.1, -0.05) is 27.7 Å². The van der Waals surface area contributed by atoms with Crippen LogP contribution in [0, 0.1) is 39.9 Å². The molecule has 5 rings (SSSR count). The number of hydrogen-bond donors (Lipinski definition) is 2. The van der Waals surface area contributed by atoms with E-state index >= 15 is 0 Å². The Morgan fingerprint density at radius 1 is 1.04 bits per heavy atom.